The van der Waals surface area contributed by atoms with E-state index >= 15 is 0 Å². The van der Waals surface area contributed by atoms with Crippen molar-refractivity contribution in [3.63, 3.8) is 0 Å². The molecule has 0 unspecified atom stereocenters. The number of carbonyl (C=O) groups excluding carboxylic acids is 4. The van der Waals surface area contributed by atoms with Crippen molar-refractivity contribution in [1.29, 1.82) is 0 Å². The van der Waals surface area contributed by atoms with Gasteiger partial charge in [0.2, 0.25) is 17.7 Å². The number of amides is 3. The third-order valence-electron chi connectivity index (χ3n) is 3.60. The van der Waals surface area contributed by atoms with E-state index < -0.39 is 41.6 Å². The average molecular weight is 393 g/mol. The summed E-state index contributed by atoms with van der Waals surface area (Å²) in [5.41, 5.74) is 5.79. The molecule has 0 heterocycles. The van der Waals surface area contributed by atoms with Crippen LogP contribution in [0, 0.1) is 5.82 Å². The molecule has 0 aliphatic carbocycles. The highest BCUT2D eigenvalue weighted by Crippen LogP contribution is 2.07. The van der Waals surface area contributed by atoms with Gasteiger partial charge in [-0.2, -0.15) is 0 Å². The molecule has 28 heavy (non-hydrogen) atoms. The summed E-state index contributed by atoms with van der Waals surface area (Å²) >= 11 is 0. The number of primary amides is 1. The summed E-state index contributed by atoms with van der Waals surface area (Å²) in [5.74, 6) is -2.99. The quantitative estimate of drug-likeness (QED) is 0.390. The van der Waals surface area contributed by atoms with Crippen LogP contribution in [0.2, 0.25) is 0 Å². The molecule has 1 aromatic carbocycles. The van der Waals surface area contributed by atoms with Crippen LogP contribution in [-0.4, -0.2) is 42.4 Å². The number of halogens is 1. The van der Waals surface area contributed by atoms with Gasteiger partial charge >= 0.3 is 5.97 Å². The monoisotopic (exact) mass is 393 g/mol. The maximum atomic E-state index is 13.4. The Kier molecular flexibility index (Phi) is 9.35. The van der Waals surface area contributed by atoms with Crippen molar-refractivity contribution in [2.75, 3.05) is 6.61 Å². The first kappa shape index (κ1) is 22.8. The van der Waals surface area contributed by atoms with Crippen LogP contribution in [0.5, 0.6) is 0 Å². The molecule has 0 aliphatic rings. The van der Waals surface area contributed by atoms with E-state index in [0.29, 0.717) is 5.56 Å². The van der Waals surface area contributed by atoms with Crippen molar-refractivity contribution in [3.8, 4) is 0 Å². The van der Waals surface area contributed by atoms with Gasteiger partial charge in [-0.25, -0.2) is 9.18 Å². The van der Waals surface area contributed by atoms with E-state index in [-0.39, 0.29) is 19.4 Å². The Bertz CT molecular complexity index is 751. The third-order valence-corrected chi connectivity index (χ3v) is 3.60. The molecule has 2 atom stereocenters. The Labute approximate surface area is 162 Å². The molecule has 1 aromatic rings. The second-order valence-corrected chi connectivity index (χ2v) is 5.94. The third kappa shape index (κ3) is 8.43. The average Bonchev–Trinajstić information content (AvgIpc) is 2.60. The number of benzene rings is 1. The lowest BCUT2D eigenvalue weighted by Gasteiger charge is -2.21. The number of carbonyl (C=O) groups is 4. The largest absolute Gasteiger partial charge is 0.463 e. The lowest BCUT2D eigenvalue weighted by atomic mass is 10.0. The summed E-state index contributed by atoms with van der Waals surface area (Å²) in [6.07, 6.45) is 2.47. The van der Waals surface area contributed by atoms with Crippen molar-refractivity contribution in [2.24, 2.45) is 5.73 Å². The van der Waals surface area contributed by atoms with Crippen molar-refractivity contribution in [1.82, 2.24) is 10.6 Å². The highest BCUT2D eigenvalue weighted by molar-refractivity contribution is 5.91. The summed E-state index contributed by atoms with van der Waals surface area (Å²) in [7, 11) is 0. The molecule has 0 aliphatic heterocycles. The van der Waals surface area contributed by atoms with Gasteiger partial charge in [0.15, 0.2) is 0 Å². The zero-order chi connectivity index (χ0) is 21.1. The summed E-state index contributed by atoms with van der Waals surface area (Å²) < 4.78 is 18.1. The molecule has 0 saturated heterocycles. The fourth-order valence-electron chi connectivity index (χ4n) is 2.36. The van der Waals surface area contributed by atoms with E-state index in [1.807, 2.05) is 0 Å². The van der Waals surface area contributed by atoms with Gasteiger partial charge in [0.1, 0.15) is 17.9 Å². The van der Waals surface area contributed by atoms with Gasteiger partial charge in [-0.1, -0.05) is 18.2 Å². The lowest BCUT2D eigenvalue weighted by molar-refractivity contribution is -0.137. The molecule has 1 rings (SSSR count). The molecular formula is C19H24FN3O5. The van der Waals surface area contributed by atoms with Crippen LogP contribution >= 0.6 is 0 Å². The van der Waals surface area contributed by atoms with Gasteiger partial charge in [0.05, 0.1) is 6.61 Å². The Morgan fingerprint density at radius 1 is 1.21 bits per heavy atom. The molecule has 0 aromatic heterocycles. The number of nitrogens with two attached hydrogens (primary N) is 1. The standard InChI is InChI=1S/C19H24FN3O5/c1-3-28-17(25)9-5-8-15(18(21)26)23-19(27)16(22-12(2)24)11-13-6-4-7-14(20)10-13/h4-7,9-10,15-16H,3,8,11H2,1-2H3,(H2,21,26)(H,22,24)(H,23,27)/b9-5+/t15-,16-/m0/s1. The molecule has 0 radical (unpaired) electrons. The van der Waals surface area contributed by atoms with Gasteiger partial charge in [0, 0.05) is 19.4 Å². The minimum absolute atomic E-state index is 0.0212. The first-order valence-electron chi connectivity index (χ1n) is 8.67. The van der Waals surface area contributed by atoms with E-state index in [1.54, 1.807) is 13.0 Å². The summed E-state index contributed by atoms with van der Waals surface area (Å²) in [6.45, 7) is 3.09. The van der Waals surface area contributed by atoms with Crippen LogP contribution in [-0.2, 0) is 30.3 Å². The molecule has 0 fully saturated rings. The molecule has 3 amide bonds. The van der Waals surface area contributed by atoms with Gasteiger partial charge in [-0.15, -0.1) is 0 Å². The Balaban J connectivity index is 2.83. The smallest absolute Gasteiger partial charge is 0.330 e. The Morgan fingerprint density at radius 3 is 2.50 bits per heavy atom. The number of hydrogen-bond acceptors (Lipinski definition) is 5. The molecule has 0 saturated carbocycles. The Hall–Kier alpha value is -3.23. The van der Waals surface area contributed by atoms with E-state index in [2.05, 4.69) is 10.6 Å². The number of esters is 1. The maximum Gasteiger partial charge on any atom is 0.330 e. The van der Waals surface area contributed by atoms with Crippen LogP contribution in [0.15, 0.2) is 36.4 Å². The van der Waals surface area contributed by atoms with E-state index in [1.165, 1.54) is 31.2 Å². The first-order chi connectivity index (χ1) is 13.2. The first-order valence-corrected chi connectivity index (χ1v) is 8.67. The van der Waals surface area contributed by atoms with Crippen molar-refractivity contribution in [3.05, 3.63) is 47.8 Å². The van der Waals surface area contributed by atoms with Crippen LogP contribution in [0.1, 0.15) is 25.8 Å². The number of ether oxygens (including phenoxy) is 1. The second kappa shape index (κ2) is 11.5. The summed E-state index contributed by atoms with van der Waals surface area (Å²) in [5, 5.41) is 4.90. The van der Waals surface area contributed by atoms with Crippen LogP contribution in [0.25, 0.3) is 0 Å². The van der Waals surface area contributed by atoms with Crippen LogP contribution < -0.4 is 16.4 Å². The molecule has 8 nitrogen and oxygen atoms in total. The van der Waals surface area contributed by atoms with Crippen molar-refractivity contribution >= 4 is 23.7 Å². The lowest BCUT2D eigenvalue weighted by Crippen LogP contribution is -2.53. The molecule has 4 N–H and O–H groups in total. The van der Waals surface area contributed by atoms with Crippen molar-refractivity contribution < 1.29 is 28.3 Å². The fourth-order valence-corrected chi connectivity index (χ4v) is 2.36. The fraction of sp³-hybridized carbons (Fsp3) is 0.368. The zero-order valence-corrected chi connectivity index (χ0v) is 15.7. The van der Waals surface area contributed by atoms with E-state index in [9.17, 15) is 23.6 Å². The minimum atomic E-state index is -1.10. The molecule has 9 heteroatoms. The predicted molar refractivity (Wildman–Crippen MR) is 99.2 cm³/mol. The maximum absolute atomic E-state index is 13.4. The van der Waals surface area contributed by atoms with Crippen LogP contribution in [0.3, 0.4) is 0 Å². The normalized spacial score (nSPS) is 12.8. The molecular weight excluding hydrogens is 369 g/mol. The van der Waals surface area contributed by atoms with Gasteiger partial charge in [-0.3, -0.25) is 14.4 Å². The molecule has 152 valence electrons. The van der Waals surface area contributed by atoms with E-state index in [0.717, 1.165) is 6.08 Å². The number of nitrogens with one attached hydrogen (secondary N) is 2. The van der Waals surface area contributed by atoms with E-state index in [4.69, 9.17) is 10.5 Å². The highest BCUT2D eigenvalue weighted by Gasteiger charge is 2.24. The Morgan fingerprint density at radius 2 is 1.93 bits per heavy atom. The van der Waals surface area contributed by atoms with Crippen molar-refractivity contribution in [2.45, 2.75) is 38.8 Å². The van der Waals surface area contributed by atoms with Gasteiger partial charge in [0.25, 0.3) is 0 Å². The molecule has 0 bridgehead atoms. The number of rotatable bonds is 10. The van der Waals surface area contributed by atoms with Gasteiger partial charge < -0.3 is 21.1 Å². The van der Waals surface area contributed by atoms with Crippen LogP contribution in [0.4, 0.5) is 4.39 Å². The number of hydrogen-bond donors (Lipinski definition) is 3. The van der Waals surface area contributed by atoms with Gasteiger partial charge in [-0.05, 0) is 31.0 Å². The predicted octanol–water partition coefficient (Wildman–Crippen LogP) is 0.352. The SMILES string of the molecule is CCOC(=O)/C=C/C[C@H](NC(=O)[C@H](Cc1cccc(F)c1)NC(C)=O)C(N)=O. The molecule has 0 spiro atoms. The summed E-state index contributed by atoms with van der Waals surface area (Å²) in [4.78, 5) is 46.9. The second-order valence-electron chi connectivity index (χ2n) is 5.94. The topological polar surface area (TPSA) is 128 Å². The zero-order valence-electron chi connectivity index (χ0n) is 15.7. The minimum Gasteiger partial charge on any atom is -0.463 e. The summed E-state index contributed by atoms with van der Waals surface area (Å²) in [6, 6.07) is 3.47. The highest BCUT2D eigenvalue weighted by atomic mass is 19.1.